The van der Waals surface area contributed by atoms with Gasteiger partial charge >= 0.3 is 0 Å². The molecular formula is C21H22Cl2N2O. The van der Waals surface area contributed by atoms with Crippen LogP contribution in [0.1, 0.15) is 19.8 Å². The fraction of sp³-hybridized carbons (Fsp3) is 0.238. The third-order valence-electron chi connectivity index (χ3n) is 4.19. The van der Waals surface area contributed by atoms with Crippen LogP contribution in [0.2, 0.25) is 10.0 Å². The van der Waals surface area contributed by atoms with Crippen molar-refractivity contribution in [1.29, 1.82) is 0 Å². The molecule has 0 aliphatic carbocycles. The molecule has 1 aliphatic heterocycles. The summed E-state index contributed by atoms with van der Waals surface area (Å²) in [5.41, 5.74) is 2.26. The minimum atomic E-state index is 0.558. The highest BCUT2D eigenvalue weighted by atomic mass is 35.5. The molecule has 0 atom stereocenters. The number of para-hydroxylation sites is 1. The lowest BCUT2D eigenvalue weighted by molar-refractivity contribution is 0.483. The number of halogens is 2. The number of rotatable bonds is 6. The first-order chi connectivity index (χ1) is 12.7. The van der Waals surface area contributed by atoms with Crippen molar-refractivity contribution in [3.05, 3.63) is 76.6 Å². The predicted molar refractivity (Wildman–Crippen MR) is 110 cm³/mol. The van der Waals surface area contributed by atoms with Gasteiger partial charge in [0.2, 0.25) is 0 Å². The second kappa shape index (κ2) is 9.02. The van der Waals surface area contributed by atoms with Crippen molar-refractivity contribution in [2.24, 2.45) is 0 Å². The Labute approximate surface area is 164 Å². The van der Waals surface area contributed by atoms with Crippen LogP contribution in [0.4, 0.5) is 5.69 Å². The molecule has 136 valence electrons. The standard InChI is InChI=1S/C21H22Cl2N2O/c1-2-25(15-16-8-4-3-7-13-24-16)17-11-12-21(19(23)14-17)26-20-10-6-5-9-18(20)22/h5-14,24H,2-4,15H2,1H3. The number of nitrogens with zero attached hydrogens (tertiary/aromatic N) is 1. The molecule has 0 fully saturated rings. The maximum Gasteiger partial charge on any atom is 0.146 e. The highest BCUT2D eigenvalue weighted by molar-refractivity contribution is 6.33. The smallest absolute Gasteiger partial charge is 0.146 e. The van der Waals surface area contributed by atoms with Crippen molar-refractivity contribution in [2.75, 3.05) is 18.0 Å². The molecule has 2 aromatic rings. The molecule has 1 heterocycles. The fourth-order valence-electron chi connectivity index (χ4n) is 2.78. The summed E-state index contributed by atoms with van der Waals surface area (Å²) in [6, 6.07) is 13.2. The average Bonchev–Trinajstić information content (AvgIpc) is 2.92. The first-order valence-corrected chi connectivity index (χ1v) is 9.50. The number of ether oxygens (including phenoxy) is 1. The third kappa shape index (κ3) is 4.75. The molecule has 0 unspecified atom stereocenters. The summed E-state index contributed by atoms with van der Waals surface area (Å²) in [4.78, 5) is 2.27. The van der Waals surface area contributed by atoms with Gasteiger partial charge in [0.25, 0.3) is 0 Å². The van der Waals surface area contributed by atoms with E-state index in [0.717, 1.165) is 31.6 Å². The van der Waals surface area contributed by atoms with Crippen LogP contribution in [0.5, 0.6) is 11.5 Å². The van der Waals surface area contributed by atoms with Crippen molar-refractivity contribution in [1.82, 2.24) is 5.32 Å². The second-order valence-corrected chi connectivity index (χ2v) is 6.83. The summed E-state index contributed by atoms with van der Waals surface area (Å²) >= 11 is 12.6. The zero-order valence-electron chi connectivity index (χ0n) is 14.7. The Bertz CT molecular complexity index is 817. The van der Waals surface area contributed by atoms with E-state index < -0.39 is 0 Å². The van der Waals surface area contributed by atoms with Crippen LogP contribution in [0.25, 0.3) is 0 Å². The Kier molecular flexibility index (Phi) is 6.48. The molecule has 0 saturated heterocycles. The SMILES string of the molecule is CCN(CC1=CCCC=CN1)c1ccc(Oc2ccccc2Cl)c(Cl)c1. The number of benzene rings is 2. The molecule has 0 saturated carbocycles. The van der Waals surface area contributed by atoms with E-state index in [1.165, 1.54) is 5.70 Å². The maximum atomic E-state index is 6.47. The van der Waals surface area contributed by atoms with Gasteiger partial charge < -0.3 is 15.0 Å². The molecule has 3 nitrogen and oxygen atoms in total. The molecule has 5 heteroatoms. The number of hydrogen-bond acceptors (Lipinski definition) is 3. The summed E-state index contributed by atoms with van der Waals surface area (Å²) in [7, 11) is 0. The summed E-state index contributed by atoms with van der Waals surface area (Å²) in [5, 5.41) is 4.46. The van der Waals surface area contributed by atoms with Gasteiger partial charge in [-0.05, 0) is 56.3 Å². The Morgan fingerprint density at radius 1 is 1.04 bits per heavy atom. The van der Waals surface area contributed by atoms with Gasteiger partial charge in [0.05, 0.1) is 16.6 Å². The largest absolute Gasteiger partial charge is 0.454 e. The van der Waals surface area contributed by atoms with Crippen LogP contribution in [0.3, 0.4) is 0 Å². The first kappa shape index (κ1) is 18.7. The number of nitrogens with one attached hydrogen (secondary N) is 1. The summed E-state index contributed by atoms with van der Waals surface area (Å²) < 4.78 is 5.86. The van der Waals surface area contributed by atoms with Gasteiger partial charge in [0.1, 0.15) is 11.5 Å². The van der Waals surface area contributed by atoms with E-state index in [1.54, 1.807) is 6.07 Å². The molecule has 0 amide bonds. The van der Waals surface area contributed by atoms with Crippen LogP contribution in [0.15, 0.2) is 66.5 Å². The number of allylic oxidation sites excluding steroid dienone is 2. The second-order valence-electron chi connectivity index (χ2n) is 6.01. The lowest BCUT2D eigenvalue weighted by Gasteiger charge is -2.25. The van der Waals surface area contributed by atoms with E-state index in [-0.39, 0.29) is 0 Å². The van der Waals surface area contributed by atoms with E-state index >= 15 is 0 Å². The third-order valence-corrected chi connectivity index (χ3v) is 4.80. The molecule has 0 bridgehead atoms. The summed E-state index contributed by atoms with van der Waals surface area (Å²) in [5.74, 6) is 1.19. The zero-order valence-corrected chi connectivity index (χ0v) is 16.2. The van der Waals surface area contributed by atoms with Crippen LogP contribution >= 0.6 is 23.2 Å². The Hall–Kier alpha value is -2.10. The maximum absolute atomic E-state index is 6.47. The quantitative estimate of drug-likeness (QED) is 0.619. The van der Waals surface area contributed by atoms with Crippen molar-refractivity contribution in [3.63, 3.8) is 0 Å². The highest BCUT2D eigenvalue weighted by Crippen LogP contribution is 2.35. The Morgan fingerprint density at radius 2 is 1.85 bits per heavy atom. The molecule has 0 spiro atoms. The molecule has 26 heavy (non-hydrogen) atoms. The van der Waals surface area contributed by atoms with Gasteiger partial charge in [-0.2, -0.15) is 0 Å². The molecule has 1 aliphatic rings. The summed E-state index contributed by atoms with van der Waals surface area (Å²) in [6.07, 6.45) is 8.54. The Balaban J connectivity index is 1.75. The predicted octanol–water partition coefficient (Wildman–Crippen LogP) is 6.39. The molecular weight excluding hydrogens is 367 g/mol. The normalized spacial score (nSPS) is 13.6. The zero-order chi connectivity index (χ0) is 18.4. The molecule has 3 rings (SSSR count). The minimum Gasteiger partial charge on any atom is -0.454 e. The van der Waals surface area contributed by atoms with Gasteiger partial charge in [0.15, 0.2) is 0 Å². The molecule has 0 aromatic heterocycles. The van der Waals surface area contributed by atoms with E-state index in [9.17, 15) is 0 Å². The van der Waals surface area contributed by atoms with Crippen LogP contribution in [-0.4, -0.2) is 13.1 Å². The molecule has 1 N–H and O–H groups in total. The van der Waals surface area contributed by atoms with Gasteiger partial charge in [-0.15, -0.1) is 0 Å². The van der Waals surface area contributed by atoms with E-state index in [4.69, 9.17) is 27.9 Å². The lowest BCUT2D eigenvalue weighted by Crippen LogP contribution is -2.28. The van der Waals surface area contributed by atoms with Crippen LogP contribution in [-0.2, 0) is 0 Å². The monoisotopic (exact) mass is 388 g/mol. The number of hydrogen-bond donors (Lipinski definition) is 1. The van der Waals surface area contributed by atoms with E-state index in [2.05, 4.69) is 29.3 Å². The van der Waals surface area contributed by atoms with Gasteiger partial charge in [0, 0.05) is 17.9 Å². The molecule has 0 radical (unpaired) electrons. The lowest BCUT2D eigenvalue weighted by atomic mass is 10.2. The van der Waals surface area contributed by atoms with E-state index in [0.29, 0.717) is 21.5 Å². The van der Waals surface area contributed by atoms with Crippen molar-refractivity contribution in [2.45, 2.75) is 19.8 Å². The fourth-order valence-corrected chi connectivity index (χ4v) is 3.17. The summed E-state index contributed by atoms with van der Waals surface area (Å²) in [6.45, 7) is 3.82. The van der Waals surface area contributed by atoms with Crippen LogP contribution < -0.4 is 15.0 Å². The molecule has 2 aromatic carbocycles. The Morgan fingerprint density at radius 3 is 2.62 bits per heavy atom. The van der Waals surface area contributed by atoms with Crippen molar-refractivity contribution >= 4 is 28.9 Å². The highest BCUT2D eigenvalue weighted by Gasteiger charge is 2.12. The number of likely N-dealkylation sites (N-methyl/N-ethyl adjacent to an activating group) is 1. The van der Waals surface area contributed by atoms with Gasteiger partial charge in [-0.25, -0.2) is 0 Å². The van der Waals surface area contributed by atoms with Crippen molar-refractivity contribution in [3.8, 4) is 11.5 Å². The average molecular weight is 389 g/mol. The topological polar surface area (TPSA) is 24.5 Å². The van der Waals surface area contributed by atoms with Crippen LogP contribution in [0, 0.1) is 0 Å². The van der Waals surface area contributed by atoms with Gasteiger partial charge in [-0.1, -0.05) is 47.5 Å². The van der Waals surface area contributed by atoms with Crippen molar-refractivity contribution < 1.29 is 4.74 Å². The minimum absolute atomic E-state index is 0.558. The number of anilines is 1. The first-order valence-electron chi connectivity index (χ1n) is 8.75. The van der Waals surface area contributed by atoms with E-state index in [1.807, 2.05) is 42.6 Å². The van der Waals surface area contributed by atoms with Gasteiger partial charge in [-0.3, -0.25) is 0 Å².